The fraction of sp³-hybridized carbons (Fsp3) is 0.684. The van der Waals surface area contributed by atoms with Gasteiger partial charge in [-0.2, -0.15) is 0 Å². The summed E-state index contributed by atoms with van der Waals surface area (Å²) in [7, 11) is 0. The Morgan fingerprint density at radius 2 is 2.10 bits per heavy atom. The molecule has 2 rings (SSSR count). The van der Waals surface area contributed by atoms with Crippen molar-refractivity contribution in [3.8, 4) is 0 Å². The van der Waals surface area contributed by atoms with Crippen LogP contribution in [0.3, 0.4) is 0 Å². The van der Waals surface area contributed by atoms with Crippen LogP contribution in [0.2, 0.25) is 0 Å². The van der Waals surface area contributed by atoms with Crippen LogP contribution in [0.1, 0.15) is 55.8 Å². The SMILES string of the molecule is CCNC(CN1CCCC(CC)C1)c1cc(C)ccc1C. The van der Waals surface area contributed by atoms with Gasteiger partial charge >= 0.3 is 0 Å². The molecule has 2 nitrogen and oxygen atoms in total. The Morgan fingerprint density at radius 3 is 2.81 bits per heavy atom. The van der Waals surface area contributed by atoms with Gasteiger partial charge < -0.3 is 10.2 Å². The zero-order chi connectivity index (χ0) is 15.2. The summed E-state index contributed by atoms with van der Waals surface area (Å²) in [6.07, 6.45) is 4.11. The average molecular weight is 288 g/mol. The highest BCUT2D eigenvalue weighted by atomic mass is 15.2. The van der Waals surface area contributed by atoms with Crippen molar-refractivity contribution in [2.45, 2.75) is 53.0 Å². The molecule has 0 aliphatic carbocycles. The molecule has 2 heteroatoms. The maximum atomic E-state index is 3.71. The molecule has 21 heavy (non-hydrogen) atoms. The molecule has 1 aromatic carbocycles. The van der Waals surface area contributed by atoms with E-state index < -0.39 is 0 Å². The summed E-state index contributed by atoms with van der Waals surface area (Å²) in [4.78, 5) is 2.67. The fourth-order valence-electron chi connectivity index (χ4n) is 3.56. The highest BCUT2D eigenvalue weighted by Crippen LogP contribution is 2.24. The molecule has 0 amide bonds. The molecule has 0 spiro atoms. The van der Waals surface area contributed by atoms with Crippen molar-refractivity contribution in [3.63, 3.8) is 0 Å². The standard InChI is InChI=1S/C19H32N2/c1-5-17-8-7-11-21(13-17)14-19(20-6-2)18-12-15(3)9-10-16(18)4/h9-10,12,17,19-20H,5-8,11,13-14H2,1-4H3. The number of likely N-dealkylation sites (N-methyl/N-ethyl adjacent to an activating group) is 1. The Bertz CT molecular complexity index is 441. The minimum Gasteiger partial charge on any atom is -0.309 e. The summed E-state index contributed by atoms with van der Waals surface area (Å²) in [5.41, 5.74) is 4.26. The molecule has 0 saturated carbocycles. The molecule has 1 saturated heterocycles. The first kappa shape index (κ1) is 16.5. The summed E-state index contributed by atoms with van der Waals surface area (Å²) >= 11 is 0. The van der Waals surface area contributed by atoms with Crippen LogP contribution in [0.15, 0.2) is 18.2 Å². The third-order valence-electron chi connectivity index (χ3n) is 4.88. The summed E-state index contributed by atoms with van der Waals surface area (Å²) in [5, 5.41) is 3.71. The van der Waals surface area contributed by atoms with Crippen molar-refractivity contribution >= 4 is 0 Å². The number of nitrogens with zero attached hydrogens (tertiary/aromatic N) is 1. The van der Waals surface area contributed by atoms with Gasteiger partial charge in [-0.15, -0.1) is 0 Å². The summed E-state index contributed by atoms with van der Waals surface area (Å²) in [6, 6.07) is 7.31. The Kier molecular flexibility index (Phi) is 6.25. The lowest BCUT2D eigenvalue weighted by atomic mass is 9.93. The number of rotatable bonds is 6. The van der Waals surface area contributed by atoms with Gasteiger partial charge in [-0.1, -0.05) is 44.0 Å². The highest BCUT2D eigenvalue weighted by molar-refractivity contribution is 5.33. The van der Waals surface area contributed by atoms with E-state index in [-0.39, 0.29) is 0 Å². The molecule has 1 heterocycles. The molecule has 1 aromatic rings. The second-order valence-corrected chi connectivity index (χ2v) is 6.65. The third-order valence-corrected chi connectivity index (χ3v) is 4.88. The predicted molar refractivity (Wildman–Crippen MR) is 91.8 cm³/mol. The van der Waals surface area contributed by atoms with Crippen LogP contribution >= 0.6 is 0 Å². The lowest BCUT2D eigenvalue weighted by molar-refractivity contribution is 0.156. The van der Waals surface area contributed by atoms with Crippen molar-refractivity contribution in [3.05, 3.63) is 34.9 Å². The minimum atomic E-state index is 0.463. The van der Waals surface area contributed by atoms with E-state index in [1.165, 1.54) is 49.0 Å². The molecule has 1 aliphatic rings. The molecule has 0 radical (unpaired) electrons. The highest BCUT2D eigenvalue weighted by Gasteiger charge is 2.22. The number of hydrogen-bond donors (Lipinski definition) is 1. The van der Waals surface area contributed by atoms with Crippen LogP contribution in [0, 0.1) is 19.8 Å². The summed E-state index contributed by atoms with van der Waals surface area (Å²) < 4.78 is 0. The second-order valence-electron chi connectivity index (χ2n) is 6.65. The van der Waals surface area contributed by atoms with Gasteiger partial charge in [0, 0.05) is 19.1 Å². The van der Waals surface area contributed by atoms with Crippen LogP contribution in [-0.2, 0) is 0 Å². The Labute approximate surface area is 130 Å². The maximum Gasteiger partial charge on any atom is 0.0451 e. The molecular weight excluding hydrogens is 256 g/mol. The number of piperidine rings is 1. The lowest BCUT2D eigenvalue weighted by Gasteiger charge is -2.35. The van der Waals surface area contributed by atoms with E-state index in [9.17, 15) is 0 Å². The summed E-state index contributed by atoms with van der Waals surface area (Å²) in [6.45, 7) is 13.7. The van der Waals surface area contributed by atoms with E-state index in [1.54, 1.807) is 0 Å². The number of benzene rings is 1. The first-order valence-electron chi connectivity index (χ1n) is 8.66. The van der Waals surface area contributed by atoms with Gasteiger partial charge in [-0.3, -0.25) is 0 Å². The first-order valence-corrected chi connectivity index (χ1v) is 8.66. The van der Waals surface area contributed by atoms with Crippen molar-refractivity contribution in [1.29, 1.82) is 0 Å². The molecule has 2 unspecified atom stereocenters. The third kappa shape index (κ3) is 4.55. The topological polar surface area (TPSA) is 15.3 Å². The molecule has 0 bridgehead atoms. The van der Waals surface area contributed by atoms with Gasteiger partial charge in [0.05, 0.1) is 0 Å². The largest absolute Gasteiger partial charge is 0.309 e. The van der Waals surface area contributed by atoms with Gasteiger partial charge in [0.25, 0.3) is 0 Å². The molecule has 1 N–H and O–H groups in total. The van der Waals surface area contributed by atoms with Crippen molar-refractivity contribution < 1.29 is 0 Å². The molecule has 118 valence electrons. The van der Waals surface area contributed by atoms with E-state index in [4.69, 9.17) is 0 Å². The van der Waals surface area contributed by atoms with E-state index in [1.807, 2.05) is 0 Å². The second kappa shape index (κ2) is 7.95. The van der Waals surface area contributed by atoms with Crippen LogP contribution in [0.25, 0.3) is 0 Å². The van der Waals surface area contributed by atoms with E-state index >= 15 is 0 Å². The van der Waals surface area contributed by atoms with Gasteiger partial charge in [0.2, 0.25) is 0 Å². The number of nitrogens with one attached hydrogen (secondary N) is 1. The normalized spacial score (nSPS) is 21.4. The Morgan fingerprint density at radius 1 is 1.29 bits per heavy atom. The quantitative estimate of drug-likeness (QED) is 0.848. The van der Waals surface area contributed by atoms with Crippen LogP contribution in [0.4, 0.5) is 0 Å². The maximum absolute atomic E-state index is 3.71. The molecule has 0 aromatic heterocycles. The molecule has 2 atom stereocenters. The van der Waals surface area contributed by atoms with E-state index in [0.29, 0.717) is 6.04 Å². The number of likely N-dealkylation sites (tertiary alicyclic amines) is 1. The number of aryl methyl sites for hydroxylation is 2. The number of hydrogen-bond acceptors (Lipinski definition) is 2. The van der Waals surface area contributed by atoms with Gasteiger partial charge in [-0.05, 0) is 56.8 Å². The van der Waals surface area contributed by atoms with Crippen molar-refractivity contribution in [2.24, 2.45) is 5.92 Å². The smallest absolute Gasteiger partial charge is 0.0451 e. The predicted octanol–water partition coefficient (Wildman–Crippen LogP) is 4.08. The fourth-order valence-corrected chi connectivity index (χ4v) is 3.56. The summed E-state index contributed by atoms with van der Waals surface area (Å²) in [5.74, 6) is 0.902. The molecule has 1 fully saturated rings. The molecule has 1 aliphatic heterocycles. The average Bonchev–Trinajstić information content (AvgIpc) is 2.49. The zero-order valence-corrected chi connectivity index (χ0v) is 14.3. The lowest BCUT2D eigenvalue weighted by Crippen LogP contribution is -2.41. The monoisotopic (exact) mass is 288 g/mol. The first-order chi connectivity index (χ1) is 10.1. The van der Waals surface area contributed by atoms with Crippen molar-refractivity contribution in [2.75, 3.05) is 26.2 Å². The van der Waals surface area contributed by atoms with Crippen LogP contribution in [0.5, 0.6) is 0 Å². The van der Waals surface area contributed by atoms with Gasteiger partial charge in [0.1, 0.15) is 0 Å². The Hall–Kier alpha value is -0.860. The van der Waals surface area contributed by atoms with E-state index in [0.717, 1.165) is 19.0 Å². The van der Waals surface area contributed by atoms with Gasteiger partial charge in [0.15, 0.2) is 0 Å². The zero-order valence-electron chi connectivity index (χ0n) is 14.3. The van der Waals surface area contributed by atoms with E-state index in [2.05, 4.69) is 56.1 Å². The molecular formula is C19H32N2. The van der Waals surface area contributed by atoms with Crippen LogP contribution in [-0.4, -0.2) is 31.1 Å². The Balaban J connectivity index is 2.09. The van der Waals surface area contributed by atoms with Crippen molar-refractivity contribution in [1.82, 2.24) is 10.2 Å². The minimum absolute atomic E-state index is 0.463. The van der Waals surface area contributed by atoms with Crippen LogP contribution < -0.4 is 5.32 Å². The van der Waals surface area contributed by atoms with Gasteiger partial charge in [-0.25, -0.2) is 0 Å².